The Morgan fingerprint density at radius 1 is 1.17 bits per heavy atom. The van der Waals surface area contributed by atoms with Crippen LogP contribution in [-0.4, -0.2) is 10.1 Å². The summed E-state index contributed by atoms with van der Waals surface area (Å²) in [4.78, 5) is 3.73. The number of rotatable bonds is 2. The minimum absolute atomic E-state index is 0.0142. The van der Waals surface area contributed by atoms with Gasteiger partial charge in [0.05, 0.1) is 12.2 Å². The molecule has 0 bridgehead atoms. The quantitative estimate of drug-likeness (QED) is 0.891. The molecule has 0 amide bonds. The largest absolute Gasteiger partial charge is 0.417 e. The van der Waals surface area contributed by atoms with Crippen molar-refractivity contribution < 1.29 is 18.3 Å². The summed E-state index contributed by atoms with van der Waals surface area (Å²) in [5, 5.41) is 9.00. The molecule has 0 radical (unpaired) electrons. The highest BCUT2D eigenvalue weighted by molar-refractivity contribution is 5.67. The molecule has 2 rings (SSSR count). The predicted molar refractivity (Wildman–Crippen MR) is 60.6 cm³/mol. The van der Waals surface area contributed by atoms with E-state index in [2.05, 4.69) is 4.98 Å². The number of halogens is 3. The van der Waals surface area contributed by atoms with Crippen molar-refractivity contribution >= 4 is 0 Å². The van der Waals surface area contributed by atoms with Gasteiger partial charge in [0.15, 0.2) is 0 Å². The average molecular weight is 253 g/mol. The molecule has 0 spiro atoms. The second kappa shape index (κ2) is 4.78. The molecule has 0 saturated carbocycles. The molecule has 1 N–H and O–H groups in total. The van der Waals surface area contributed by atoms with Crippen LogP contribution in [0.1, 0.15) is 11.1 Å². The number of benzene rings is 1. The molecule has 0 atom stereocenters. The molecule has 0 aliphatic rings. The number of aliphatic hydroxyl groups is 1. The molecule has 0 saturated heterocycles. The van der Waals surface area contributed by atoms with E-state index in [1.807, 2.05) is 0 Å². The zero-order valence-corrected chi connectivity index (χ0v) is 9.28. The van der Waals surface area contributed by atoms with Gasteiger partial charge in [-0.2, -0.15) is 13.2 Å². The van der Waals surface area contributed by atoms with E-state index in [0.717, 1.165) is 12.3 Å². The maximum Gasteiger partial charge on any atom is 0.417 e. The van der Waals surface area contributed by atoms with Crippen molar-refractivity contribution in [3.63, 3.8) is 0 Å². The van der Waals surface area contributed by atoms with Crippen LogP contribution < -0.4 is 0 Å². The Labute approximate surface area is 102 Å². The first-order chi connectivity index (χ1) is 8.52. The van der Waals surface area contributed by atoms with Crippen LogP contribution >= 0.6 is 0 Å². The Morgan fingerprint density at radius 2 is 1.94 bits per heavy atom. The van der Waals surface area contributed by atoms with Crippen LogP contribution in [-0.2, 0) is 12.8 Å². The SMILES string of the molecule is OCc1cccc(-c2cnccc2C(F)(F)F)c1. The van der Waals surface area contributed by atoms with Gasteiger partial charge >= 0.3 is 6.18 Å². The monoisotopic (exact) mass is 253 g/mol. The highest BCUT2D eigenvalue weighted by atomic mass is 19.4. The summed E-state index contributed by atoms with van der Waals surface area (Å²) in [5.74, 6) is 0. The first kappa shape index (κ1) is 12.6. The Morgan fingerprint density at radius 3 is 2.61 bits per heavy atom. The Kier molecular flexibility index (Phi) is 3.34. The van der Waals surface area contributed by atoms with E-state index in [1.54, 1.807) is 18.2 Å². The lowest BCUT2D eigenvalue weighted by Crippen LogP contribution is -2.07. The maximum absolute atomic E-state index is 12.8. The lowest BCUT2D eigenvalue weighted by atomic mass is 10.00. The van der Waals surface area contributed by atoms with E-state index in [-0.39, 0.29) is 12.2 Å². The predicted octanol–water partition coefficient (Wildman–Crippen LogP) is 3.26. The molecule has 18 heavy (non-hydrogen) atoms. The van der Waals surface area contributed by atoms with Gasteiger partial charge < -0.3 is 5.11 Å². The molecule has 5 heteroatoms. The van der Waals surface area contributed by atoms with Gasteiger partial charge in [-0.25, -0.2) is 0 Å². The topological polar surface area (TPSA) is 33.1 Å². The summed E-state index contributed by atoms with van der Waals surface area (Å²) in [7, 11) is 0. The molecular formula is C13H10F3NO. The molecule has 0 aliphatic carbocycles. The molecule has 0 aliphatic heterocycles. The summed E-state index contributed by atoms with van der Waals surface area (Å²) >= 11 is 0. The van der Waals surface area contributed by atoms with Crippen molar-refractivity contribution in [2.24, 2.45) is 0 Å². The normalized spacial score (nSPS) is 11.6. The van der Waals surface area contributed by atoms with Gasteiger partial charge in [-0.15, -0.1) is 0 Å². The highest BCUT2D eigenvalue weighted by Gasteiger charge is 2.33. The fourth-order valence-electron chi connectivity index (χ4n) is 1.71. The van der Waals surface area contributed by atoms with E-state index in [4.69, 9.17) is 5.11 Å². The Hall–Kier alpha value is -1.88. The fourth-order valence-corrected chi connectivity index (χ4v) is 1.71. The Bertz CT molecular complexity index is 552. The van der Waals surface area contributed by atoms with Gasteiger partial charge in [-0.05, 0) is 23.3 Å². The average Bonchev–Trinajstić information content (AvgIpc) is 2.38. The van der Waals surface area contributed by atoms with Crippen molar-refractivity contribution in [1.29, 1.82) is 0 Å². The van der Waals surface area contributed by atoms with Crippen LogP contribution in [0.3, 0.4) is 0 Å². The van der Waals surface area contributed by atoms with Gasteiger partial charge in [0, 0.05) is 18.0 Å². The van der Waals surface area contributed by atoms with Crippen molar-refractivity contribution in [3.05, 3.63) is 53.9 Å². The molecule has 1 aromatic heterocycles. The van der Waals surface area contributed by atoms with Crippen molar-refractivity contribution in [2.75, 3.05) is 0 Å². The van der Waals surface area contributed by atoms with Crippen LogP contribution in [0.15, 0.2) is 42.7 Å². The number of aromatic nitrogens is 1. The standard InChI is InChI=1S/C13H10F3NO/c14-13(15,16)12-4-5-17-7-11(12)10-3-1-2-9(6-10)8-18/h1-7,18H,8H2. The van der Waals surface area contributed by atoms with E-state index in [1.165, 1.54) is 12.3 Å². The lowest BCUT2D eigenvalue weighted by Gasteiger charge is -2.12. The van der Waals surface area contributed by atoms with Gasteiger partial charge in [-0.3, -0.25) is 4.98 Å². The van der Waals surface area contributed by atoms with Crippen LogP contribution in [0.5, 0.6) is 0 Å². The summed E-state index contributed by atoms with van der Waals surface area (Å²) in [6.45, 7) is -0.213. The minimum Gasteiger partial charge on any atom is -0.392 e. The van der Waals surface area contributed by atoms with Gasteiger partial charge in [0.1, 0.15) is 0 Å². The molecule has 94 valence electrons. The van der Waals surface area contributed by atoms with E-state index < -0.39 is 11.7 Å². The molecule has 0 fully saturated rings. The second-order valence-corrected chi connectivity index (χ2v) is 3.78. The highest BCUT2D eigenvalue weighted by Crippen LogP contribution is 2.36. The van der Waals surface area contributed by atoms with Crippen LogP contribution in [0.25, 0.3) is 11.1 Å². The van der Waals surface area contributed by atoms with Gasteiger partial charge in [0.2, 0.25) is 0 Å². The van der Waals surface area contributed by atoms with Crippen molar-refractivity contribution in [3.8, 4) is 11.1 Å². The van der Waals surface area contributed by atoms with Gasteiger partial charge in [-0.1, -0.05) is 18.2 Å². The summed E-state index contributed by atoms with van der Waals surface area (Å²) in [5.41, 5.74) is 0.236. The van der Waals surface area contributed by atoms with Crippen molar-refractivity contribution in [1.82, 2.24) is 4.98 Å². The fraction of sp³-hybridized carbons (Fsp3) is 0.154. The summed E-state index contributed by atoms with van der Waals surface area (Å²) < 4.78 is 38.5. The smallest absolute Gasteiger partial charge is 0.392 e. The first-order valence-corrected chi connectivity index (χ1v) is 5.24. The molecule has 0 unspecified atom stereocenters. The van der Waals surface area contributed by atoms with Crippen molar-refractivity contribution in [2.45, 2.75) is 12.8 Å². The molecule has 2 nitrogen and oxygen atoms in total. The number of hydrogen-bond donors (Lipinski definition) is 1. The number of nitrogens with zero attached hydrogens (tertiary/aromatic N) is 1. The van der Waals surface area contributed by atoms with Crippen LogP contribution in [0, 0.1) is 0 Å². The summed E-state index contributed by atoms with van der Waals surface area (Å²) in [6, 6.07) is 7.28. The zero-order chi connectivity index (χ0) is 13.2. The number of alkyl halides is 3. The van der Waals surface area contributed by atoms with Crippen LogP contribution in [0.4, 0.5) is 13.2 Å². The van der Waals surface area contributed by atoms with Gasteiger partial charge in [0.25, 0.3) is 0 Å². The van der Waals surface area contributed by atoms with E-state index in [0.29, 0.717) is 11.1 Å². The Balaban J connectivity index is 2.57. The molecule has 2 aromatic rings. The maximum atomic E-state index is 12.8. The second-order valence-electron chi connectivity index (χ2n) is 3.78. The van der Waals surface area contributed by atoms with E-state index in [9.17, 15) is 13.2 Å². The molecule has 1 heterocycles. The van der Waals surface area contributed by atoms with E-state index >= 15 is 0 Å². The van der Waals surface area contributed by atoms with Crippen LogP contribution in [0.2, 0.25) is 0 Å². The third-order valence-electron chi connectivity index (χ3n) is 2.55. The number of pyridine rings is 1. The first-order valence-electron chi connectivity index (χ1n) is 5.24. The summed E-state index contributed by atoms with van der Waals surface area (Å²) in [6.07, 6.45) is -2.13. The minimum atomic E-state index is -4.42. The third kappa shape index (κ3) is 2.51. The lowest BCUT2D eigenvalue weighted by molar-refractivity contribution is -0.137. The number of hydrogen-bond acceptors (Lipinski definition) is 2. The number of aliphatic hydroxyl groups excluding tert-OH is 1. The zero-order valence-electron chi connectivity index (χ0n) is 9.28. The third-order valence-corrected chi connectivity index (χ3v) is 2.55. The molecule has 1 aromatic carbocycles. The molecular weight excluding hydrogens is 243 g/mol.